The van der Waals surface area contributed by atoms with E-state index in [0.29, 0.717) is 12.1 Å². The van der Waals surface area contributed by atoms with Crippen molar-refractivity contribution in [3.05, 3.63) is 94.0 Å². The van der Waals surface area contributed by atoms with E-state index in [1.54, 1.807) is 0 Å². The number of carbonyl (C=O) groups is 2. The molecule has 3 rings (SSSR count). The van der Waals surface area contributed by atoms with E-state index in [1.807, 2.05) is 0 Å². The number of aryl methyl sites for hydroxylation is 2. The Morgan fingerprint density at radius 3 is 1.74 bits per heavy atom. The van der Waals surface area contributed by atoms with E-state index in [9.17, 15) is 53.1 Å². The van der Waals surface area contributed by atoms with Gasteiger partial charge in [0, 0.05) is 22.5 Å². The largest absolute Gasteiger partial charge is 0.432 e. The minimum Gasteiger partial charge on any atom is -0.322 e. The molecule has 2 N–H and O–H groups in total. The lowest BCUT2D eigenvalue weighted by atomic mass is 9.89. The first-order valence-corrected chi connectivity index (χ1v) is 13.3. The maximum Gasteiger partial charge on any atom is 0.432 e. The fraction of sp³-hybridized carbons (Fsp3) is 0.231. The molecule has 0 aliphatic rings. The van der Waals surface area contributed by atoms with E-state index >= 15 is 0 Å². The summed E-state index contributed by atoms with van der Waals surface area (Å²) in [5.74, 6) is -4.37. The van der Waals surface area contributed by atoms with Crippen LogP contribution < -0.4 is 10.6 Å². The molecule has 7 nitrogen and oxygen atoms in total. The second kappa shape index (κ2) is 11.3. The third-order valence-corrected chi connectivity index (χ3v) is 6.38. The lowest BCUT2D eigenvalue weighted by molar-refractivity contribution is -0.364. The molecule has 2 amide bonds. The second-order valence-corrected chi connectivity index (χ2v) is 10.6. The van der Waals surface area contributed by atoms with Gasteiger partial charge < -0.3 is 10.6 Å². The monoisotopic (exact) mass is 624 g/mol. The Balaban J connectivity index is 1.97. The molecule has 0 aromatic heterocycles. The summed E-state index contributed by atoms with van der Waals surface area (Å²) in [6, 6.07) is 8.45. The molecule has 226 valence electrons. The minimum absolute atomic E-state index is 0.0386. The highest BCUT2D eigenvalue weighted by Gasteiger charge is 2.75. The molecule has 0 aliphatic heterocycles. The number of amides is 2. The summed E-state index contributed by atoms with van der Waals surface area (Å²) in [7, 11) is -5.30. The summed E-state index contributed by atoms with van der Waals surface area (Å²) >= 11 is 0. The molecule has 0 saturated heterocycles. The lowest BCUT2D eigenvalue weighted by Gasteiger charge is -2.36. The predicted molar refractivity (Wildman–Crippen MR) is 134 cm³/mol. The molecular weight excluding hydrogens is 604 g/mol. The Hall–Kier alpha value is -4.05. The van der Waals surface area contributed by atoms with Crippen molar-refractivity contribution in [2.45, 2.75) is 31.8 Å². The highest BCUT2D eigenvalue weighted by Crippen LogP contribution is 2.54. The zero-order valence-corrected chi connectivity index (χ0v) is 22.5. The van der Waals surface area contributed by atoms with Crippen LogP contribution in [-0.4, -0.2) is 38.8 Å². The van der Waals surface area contributed by atoms with Crippen LogP contribution >= 0.6 is 0 Å². The number of hydrogen-bond acceptors (Lipinski definition) is 5. The first-order chi connectivity index (χ1) is 19.2. The Kier molecular flexibility index (Phi) is 8.75. The van der Waals surface area contributed by atoms with Crippen LogP contribution in [0.1, 0.15) is 37.4 Å². The van der Waals surface area contributed by atoms with Crippen LogP contribution in [0.2, 0.25) is 0 Å². The standard InChI is InChI=1S/C26H20F8N2O5S/c1-13-10-16(24(25(29,30)31,26(32,33)34)41-42(3,39)40)11-14(2)21(13)36-22(37)15-6-4-7-17(12-15)35-23(38)20-18(27)8-5-9-19(20)28/h4-12H,1-3H3,(H,35,38)(H,36,37). The number of carbonyl (C=O) groups excluding carboxylic acids is 2. The number of rotatable bonds is 7. The van der Waals surface area contributed by atoms with Crippen molar-refractivity contribution >= 4 is 33.3 Å². The van der Waals surface area contributed by atoms with Gasteiger partial charge in [0.25, 0.3) is 21.9 Å². The number of halogens is 8. The van der Waals surface area contributed by atoms with Crippen LogP contribution in [0.25, 0.3) is 0 Å². The second-order valence-electron chi connectivity index (χ2n) is 9.03. The summed E-state index contributed by atoms with van der Waals surface area (Å²) in [6.07, 6.45) is -12.5. The number of anilines is 2. The van der Waals surface area contributed by atoms with Gasteiger partial charge in [-0.05, 0) is 55.3 Å². The van der Waals surface area contributed by atoms with Crippen LogP contribution in [0, 0.1) is 25.5 Å². The maximum absolute atomic E-state index is 13.9. The van der Waals surface area contributed by atoms with Crippen molar-refractivity contribution in [3.8, 4) is 0 Å². The van der Waals surface area contributed by atoms with Crippen molar-refractivity contribution in [1.29, 1.82) is 0 Å². The van der Waals surface area contributed by atoms with Crippen molar-refractivity contribution in [1.82, 2.24) is 0 Å². The number of benzene rings is 3. The van der Waals surface area contributed by atoms with E-state index in [4.69, 9.17) is 0 Å². The van der Waals surface area contributed by atoms with Gasteiger partial charge in [-0.3, -0.25) is 9.59 Å². The first kappa shape index (κ1) is 32.5. The van der Waals surface area contributed by atoms with Crippen molar-refractivity contribution < 1.29 is 57.3 Å². The van der Waals surface area contributed by atoms with Crippen LogP contribution in [-0.2, 0) is 19.9 Å². The lowest BCUT2D eigenvalue weighted by Crippen LogP contribution is -2.56. The van der Waals surface area contributed by atoms with Gasteiger partial charge in [0.2, 0.25) is 0 Å². The summed E-state index contributed by atoms with van der Waals surface area (Å²) in [5, 5.41) is 4.55. The van der Waals surface area contributed by atoms with Gasteiger partial charge >= 0.3 is 18.0 Å². The number of alkyl halides is 6. The van der Waals surface area contributed by atoms with Crippen LogP contribution in [0.5, 0.6) is 0 Å². The molecule has 0 bridgehead atoms. The minimum atomic E-state index is -6.27. The summed E-state index contributed by atoms with van der Waals surface area (Å²) < 4.78 is 138. The van der Waals surface area contributed by atoms with Gasteiger partial charge in [-0.25, -0.2) is 13.0 Å². The molecule has 0 unspecified atom stereocenters. The summed E-state index contributed by atoms with van der Waals surface area (Å²) in [6.45, 7) is 2.15. The molecule has 16 heteroatoms. The predicted octanol–water partition coefficient (Wildman–Crippen LogP) is 6.38. The molecule has 3 aromatic carbocycles. The highest BCUT2D eigenvalue weighted by molar-refractivity contribution is 7.86. The SMILES string of the molecule is Cc1cc(C(OS(C)(=O)=O)(C(F)(F)F)C(F)(F)F)cc(C)c1NC(=O)c1cccc(NC(=O)c2c(F)cccc2F)c1. The van der Waals surface area contributed by atoms with E-state index in [0.717, 1.165) is 38.1 Å². The fourth-order valence-electron chi connectivity index (χ4n) is 4.05. The Morgan fingerprint density at radius 2 is 1.26 bits per heavy atom. The molecule has 42 heavy (non-hydrogen) atoms. The molecule has 0 fully saturated rings. The first-order valence-electron chi connectivity index (χ1n) is 11.5. The third-order valence-electron chi connectivity index (χ3n) is 5.82. The molecule has 0 saturated carbocycles. The van der Waals surface area contributed by atoms with Crippen molar-refractivity contribution in [2.75, 3.05) is 16.9 Å². The highest BCUT2D eigenvalue weighted by atomic mass is 32.2. The van der Waals surface area contributed by atoms with Crippen LogP contribution in [0.4, 0.5) is 46.5 Å². The van der Waals surface area contributed by atoms with E-state index in [1.165, 1.54) is 18.2 Å². The maximum atomic E-state index is 13.9. The topological polar surface area (TPSA) is 102 Å². The van der Waals surface area contributed by atoms with E-state index < -0.39 is 62.6 Å². The smallest absolute Gasteiger partial charge is 0.322 e. The normalized spacial score (nSPS) is 12.6. The molecule has 0 radical (unpaired) electrons. The molecule has 0 spiro atoms. The average Bonchev–Trinajstić information content (AvgIpc) is 2.82. The Bertz CT molecular complexity index is 1600. The zero-order chi connectivity index (χ0) is 31.8. The molecule has 3 aromatic rings. The number of nitrogens with one attached hydrogen (secondary N) is 2. The third kappa shape index (κ3) is 6.54. The fourth-order valence-corrected chi connectivity index (χ4v) is 4.79. The van der Waals surface area contributed by atoms with Gasteiger partial charge in [0.1, 0.15) is 17.2 Å². The Morgan fingerprint density at radius 1 is 0.762 bits per heavy atom. The van der Waals surface area contributed by atoms with Crippen molar-refractivity contribution in [2.24, 2.45) is 0 Å². The summed E-state index contributed by atoms with van der Waals surface area (Å²) in [4.78, 5) is 25.3. The molecule has 0 heterocycles. The van der Waals surface area contributed by atoms with Gasteiger partial charge in [-0.2, -0.15) is 34.8 Å². The molecule has 0 aliphatic carbocycles. The molecular formula is C26H20F8N2O5S. The average molecular weight is 625 g/mol. The van der Waals surface area contributed by atoms with Gasteiger partial charge in [-0.15, -0.1) is 0 Å². The number of hydrogen-bond donors (Lipinski definition) is 2. The quantitative estimate of drug-likeness (QED) is 0.235. The Labute approximate surface area is 233 Å². The van der Waals surface area contributed by atoms with Gasteiger partial charge in [0.15, 0.2) is 0 Å². The van der Waals surface area contributed by atoms with Gasteiger partial charge in [0.05, 0.1) is 6.26 Å². The van der Waals surface area contributed by atoms with E-state index in [2.05, 4.69) is 14.8 Å². The van der Waals surface area contributed by atoms with Gasteiger partial charge in [-0.1, -0.05) is 24.3 Å². The van der Waals surface area contributed by atoms with Crippen LogP contribution in [0.3, 0.4) is 0 Å². The summed E-state index contributed by atoms with van der Waals surface area (Å²) in [5.41, 5.74) is -8.78. The van der Waals surface area contributed by atoms with E-state index in [-0.39, 0.29) is 34.3 Å². The molecule has 0 atom stereocenters. The van der Waals surface area contributed by atoms with Crippen LogP contribution in [0.15, 0.2) is 54.6 Å². The zero-order valence-electron chi connectivity index (χ0n) is 21.7. The van der Waals surface area contributed by atoms with Crippen molar-refractivity contribution in [3.63, 3.8) is 0 Å².